The highest BCUT2D eigenvalue weighted by Crippen LogP contribution is 2.31. The summed E-state index contributed by atoms with van der Waals surface area (Å²) in [5.41, 5.74) is -0.815. The average molecular weight is 373 g/mol. The summed E-state index contributed by atoms with van der Waals surface area (Å²) in [6, 6.07) is 6.29. The van der Waals surface area contributed by atoms with Gasteiger partial charge < -0.3 is 20.1 Å². The molecule has 0 atom stereocenters. The van der Waals surface area contributed by atoms with Crippen molar-refractivity contribution >= 4 is 23.8 Å². The highest BCUT2D eigenvalue weighted by molar-refractivity contribution is 6.15. The molecule has 2 heterocycles. The van der Waals surface area contributed by atoms with E-state index in [1.807, 2.05) is 20.8 Å². The van der Waals surface area contributed by atoms with Gasteiger partial charge >= 0.3 is 12.1 Å². The van der Waals surface area contributed by atoms with Crippen LogP contribution in [-0.2, 0) is 9.53 Å². The number of aliphatic imine (C=N–C) groups is 1. The molecule has 27 heavy (non-hydrogen) atoms. The number of likely N-dealkylation sites (tertiary alicyclic amines) is 1. The van der Waals surface area contributed by atoms with Gasteiger partial charge in [-0.3, -0.25) is 9.79 Å². The number of ether oxygens (including phenoxy) is 1. The number of aromatic carboxylic acids is 1. The van der Waals surface area contributed by atoms with E-state index in [1.165, 1.54) is 12.1 Å². The number of benzene rings is 1. The standard InChI is InChI=1S/C19H23N3O5/c1-18(2,3)27-17(26)22-9-7-19(8-10-22)16(25)20-14(21-19)12-5-4-6-13(11-12)15(23)24/h4-6,11H,7-10H2,1-3H3,(H,23,24)(H,20,21,25). The van der Waals surface area contributed by atoms with E-state index in [-0.39, 0.29) is 11.5 Å². The van der Waals surface area contributed by atoms with Gasteiger partial charge in [-0.1, -0.05) is 12.1 Å². The Hall–Kier alpha value is -2.90. The molecule has 1 fully saturated rings. The maximum atomic E-state index is 12.6. The Labute approximate surface area is 157 Å². The van der Waals surface area contributed by atoms with Crippen LogP contribution in [0.25, 0.3) is 0 Å². The van der Waals surface area contributed by atoms with E-state index in [1.54, 1.807) is 17.0 Å². The first-order valence-electron chi connectivity index (χ1n) is 8.83. The van der Waals surface area contributed by atoms with Crippen LogP contribution in [0.1, 0.15) is 49.5 Å². The van der Waals surface area contributed by atoms with E-state index in [0.717, 1.165) is 0 Å². The van der Waals surface area contributed by atoms with Crippen molar-refractivity contribution in [1.29, 1.82) is 0 Å². The second-order valence-corrected chi connectivity index (χ2v) is 7.80. The van der Waals surface area contributed by atoms with Crippen LogP contribution >= 0.6 is 0 Å². The molecule has 2 aliphatic rings. The predicted octanol–water partition coefficient (Wildman–Crippen LogP) is 2.03. The molecular weight excluding hydrogens is 350 g/mol. The number of nitrogens with one attached hydrogen (secondary N) is 1. The number of amidine groups is 1. The SMILES string of the molecule is CC(C)(C)OC(=O)N1CCC2(CC1)N=C(c1cccc(C(=O)O)c1)NC2=O. The van der Waals surface area contributed by atoms with Gasteiger partial charge in [0.25, 0.3) is 5.91 Å². The van der Waals surface area contributed by atoms with Crippen LogP contribution in [0.2, 0.25) is 0 Å². The van der Waals surface area contributed by atoms with Crippen molar-refractivity contribution in [2.24, 2.45) is 4.99 Å². The number of amides is 2. The monoisotopic (exact) mass is 373 g/mol. The van der Waals surface area contributed by atoms with Crippen LogP contribution in [-0.4, -0.2) is 58.0 Å². The van der Waals surface area contributed by atoms with Gasteiger partial charge in [-0.05, 0) is 45.7 Å². The van der Waals surface area contributed by atoms with Crippen molar-refractivity contribution in [3.8, 4) is 0 Å². The van der Waals surface area contributed by atoms with E-state index in [4.69, 9.17) is 9.84 Å². The largest absolute Gasteiger partial charge is 0.478 e. The van der Waals surface area contributed by atoms with Gasteiger partial charge in [-0.15, -0.1) is 0 Å². The van der Waals surface area contributed by atoms with E-state index in [9.17, 15) is 14.4 Å². The fourth-order valence-corrected chi connectivity index (χ4v) is 3.18. The number of piperidine rings is 1. The number of carboxylic acids is 1. The molecular formula is C19H23N3O5. The molecule has 2 N–H and O–H groups in total. The summed E-state index contributed by atoms with van der Waals surface area (Å²) in [5.74, 6) is -0.891. The molecule has 2 amide bonds. The lowest BCUT2D eigenvalue weighted by Gasteiger charge is -2.36. The lowest BCUT2D eigenvalue weighted by molar-refractivity contribution is -0.125. The summed E-state index contributed by atoms with van der Waals surface area (Å²) in [7, 11) is 0. The zero-order valence-electron chi connectivity index (χ0n) is 15.6. The Morgan fingerprint density at radius 1 is 1.26 bits per heavy atom. The highest BCUT2D eigenvalue weighted by Gasteiger charge is 2.47. The van der Waals surface area contributed by atoms with Crippen molar-refractivity contribution < 1.29 is 24.2 Å². The van der Waals surface area contributed by atoms with Crippen LogP contribution in [0, 0.1) is 0 Å². The normalized spacial score (nSPS) is 18.9. The zero-order chi connectivity index (χ0) is 19.8. The van der Waals surface area contributed by atoms with E-state index in [2.05, 4.69) is 10.3 Å². The third-order valence-corrected chi connectivity index (χ3v) is 4.61. The van der Waals surface area contributed by atoms with Gasteiger partial charge in [0.15, 0.2) is 0 Å². The molecule has 8 nitrogen and oxygen atoms in total. The summed E-state index contributed by atoms with van der Waals surface area (Å²) in [4.78, 5) is 42.1. The van der Waals surface area contributed by atoms with Gasteiger partial charge in [0, 0.05) is 18.7 Å². The number of carboxylic acid groups (broad SMARTS) is 1. The maximum Gasteiger partial charge on any atom is 0.410 e. The first kappa shape index (κ1) is 18.9. The fourth-order valence-electron chi connectivity index (χ4n) is 3.18. The molecule has 0 radical (unpaired) electrons. The third-order valence-electron chi connectivity index (χ3n) is 4.61. The molecule has 1 aromatic rings. The van der Waals surface area contributed by atoms with Crippen molar-refractivity contribution in [2.45, 2.75) is 44.8 Å². The van der Waals surface area contributed by atoms with E-state index in [0.29, 0.717) is 37.3 Å². The minimum absolute atomic E-state index is 0.130. The molecule has 3 rings (SSSR count). The number of rotatable bonds is 2. The lowest BCUT2D eigenvalue weighted by Crippen LogP contribution is -2.51. The van der Waals surface area contributed by atoms with Gasteiger partial charge in [-0.2, -0.15) is 0 Å². The molecule has 0 aromatic heterocycles. The first-order chi connectivity index (χ1) is 12.6. The molecule has 2 aliphatic heterocycles. The molecule has 0 aliphatic carbocycles. The second kappa shape index (κ2) is 6.68. The third kappa shape index (κ3) is 3.94. The van der Waals surface area contributed by atoms with Crippen LogP contribution in [0.4, 0.5) is 4.79 Å². The Morgan fingerprint density at radius 3 is 2.52 bits per heavy atom. The Balaban J connectivity index is 1.74. The summed E-state index contributed by atoms with van der Waals surface area (Å²) in [6.45, 7) is 6.16. The summed E-state index contributed by atoms with van der Waals surface area (Å²) < 4.78 is 5.38. The number of hydrogen-bond acceptors (Lipinski definition) is 5. The van der Waals surface area contributed by atoms with Gasteiger partial charge in [-0.25, -0.2) is 9.59 Å². The minimum atomic E-state index is -1.04. The van der Waals surface area contributed by atoms with E-state index < -0.39 is 23.2 Å². The maximum absolute atomic E-state index is 12.6. The van der Waals surface area contributed by atoms with Gasteiger partial charge in [0.1, 0.15) is 17.0 Å². The Kier molecular flexibility index (Phi) is 4.67. The van der Waals surface area contributed by atoms with Crippen LogP contribution in [0.3, 0.4) is 0 Å². The van der Waals surface area contributed by atoms with Crippen molar-refractivity contribution in [1.82, 2.24) is 10.2 Å². The minimum Gasteiger partial charge on any atom is -0.478 e. The second-order valence-electron chi connectivity index (χ2n) is 7.80. The predicted molar refractivity (Wildman–Crippen MR) is 97.9 cm³/mol. The van der Waals surface area contributed by atoms with Crippen LogP contribution in [0.15, 0.2) is 29.3 Å². The number of carbonyl (C=O) groups is 3. The van der Waals surface area contributed by atoms with Gasteiger partial charge in [0.05, 0.1) is 5.56 Å². The fraction of sp³-hybridized carbons (Fsp3) is 0.474. The number of hydrogen-bond donors (Lipinski definition) is 2. The highest BCUT2D eigenvalue weighted by atomic mass is 16.6. The summed E-state index contributed by atoms with van der Waals surface area (Å²) in [5, 5.41) is 11.9. The first-order valence-corrected chi connectivity index (χ1v) is 8.83. The Morgan fingerprint density at radius 2 is 1.93 bits per heavy atom. The van der Waals surface area contributed by atoms with Crippen molar-refractivity contribution in [3.63, 3.8) is 0 Å². The summed E-state index contributed by atoms with van der Waals surface area (Å²) >= 11 is 0. The van der Waals surface area contributed by atoms with Crippen LogP contribution in [0.5, 0.6) is 0 Å². The molecule has 144 valence electrons. The van der Waals surface area contributed by atoms with Crippen molar-refractivity contribution in [2.75, 3.05) is 13.1 Å². The molecule has 0 saturated carbocycles. The smallest absolute Gasteiger partial charge is 0.410 e. The van der Waals surface area contributed by atoms with Crippen LogP contribution < -0.4 is 5.32 Å². The summed E-state index contributed by atoms with van der Waals surface area (Å²) in [6.07, 6.45) is 0.384. The van der Waals surface area contributed by atoms with Crippen molar-refractivity contribution in [3.05, 3.63) is 35.4 Å². The van der Waals surface area contributed by atoms with Gasteiger partial charge in [0.2, 0.25) is 0 Å². The Bertz CT molecular complexity index is 817. The zero-order valence-corrected chi connectivity index (χ0v) is 15.6. The average Bonchev–Trinajstić information content (AvgIpc) is 2.90. The topological polar surface area (TPSA) is 108 Å². The number of carbonyl (C=O) groups excluding carboxylic acids is 2. The quantitative estimate of drug-likeness (QED) is 0.825. The van der Waals surface area contributed by atoms with E-state index >= 15 is 0 Å². The molecule has 0 unspecified atom stereocenters. The molecule has 1 spiro atoms. The molecule has 8 heteroatoms. The molecule has 1 aromatic carbocycles. The number of nitrogens with zero attached hydrogens (tertiary/aromatic N) is 2. The molecule has 1 saturated heterocycles. The lowest BCUT2D eigenvalue weighted by atomic mass is 9.88. The molecule has 0 bridgehead atoms.